The van der Waals surface area contributed by atoms with E-state index in [-0.39, 0.29) is 13.2 Å². The van der Waals surface area contributed by atoms with Crippen LogP contribution in [0.4, 0.5) is 10.5 Å². The normalized spacial score (nSPS) is 11.9. The van der Waals surface area contributed by atoms with Crippen LogP contribution < -0.4 is 20.1 Å². The van der Waals surface area contributed by atoms with Crippen molar-refractivity contribution in [2.24, 2.45) is 0 Å². The molecule has 2 aromatic carbocycles. The molecule has 0 fully saturated rings. The third-order valence-corrected chi connectivity index (χ3v) is 5.61. The minimum Gasteiger partial charge on any atom is -0.454 e. The molecule has 31 heavy (non-hydrogen) atoms. The van der Waals surface area contributed by atoms with E-state index in [0.717, 1.165) is 16.8 Å². The van der Waals surface area contributed by atoms with Crippen molar-refractivity contribution in [3.05, 3.63) is 47.5 Å². The highest BCUT2D eigenvalue weighted by atomic mass is 32.2. The Balaban J connectivity index is 1.28. The van der Waals surface area contributed by atoms with Gasteiger partial charge in [-0.3, -0.25) is 10.1 Å². The van der Waals surface area contributed by atoms with Gasteiger partial charge in [0, 0.05) is 23.9 Å². The van der Waals surface area contributed by atoms with E-state index in [1.165, 1.54) is 11.8 Å². The number of rotatable bonds is 6. The van der Waals surface area contributed by atoms with Gasteiger partial charge in [-0.05, 0) is 53.6 Å². The summed E-state index contributed by atoms with van der Waals surface area (Å²) < 4.78 is 12.1. The molecule has 1 aromatic heterocycles. The van der Waals surface area contributed by atoms with Gasteiger partial charge in [-0.2, -0.15) is 4.68 Å². The summed E-state index contributed by atoms with van der Waals surface area (Å²) in [7, 11) is 0. The molecule has 160 valence electrons. The fraction of sp³-hybridized carbons (Fsp3) is 0.250. The van der Waals surface area contributed by atoms with Crippen molar-refractivity contribution in [3.63, 3.8) is 0 Å². The lowest BCUT2D eigenvalue weighted by Gasteiger charge is -2.09. The van der Waals surface area contributed by atoms with Gasteiger partial charge in [0.25, 0.3) is 0 Å². The van der Waals surface area contributed by atoms with Crippen molar-refractivity contribution in [2.45, 2.75) is 25.4 Å². The third kappa shape index (κ3) is 4.77. The zero-order valence-corrected chi connectivity index (χ0v) is 17.7. The van der Waals surface area contributed by atoms with Crippen molar-refractivity contribution in [2.75, 3.05) is 17.9 Å². The summed E-state index contributed by atoms with van der Waals surface area (Å²) in [6.07, 6.45) is 0.124. The number of amides is 3. The molecule has 0 saturated carbocycles. The number of nitrogens with one attached hydrogen (secondary N) is 2. The Kier molecular flexibility index (Phi) is 6.03. The van der Waals surface area contributed by atoms with Gasteiger partial charge in [0.15, 0.2) is 11.5 Å². The molecule has 0 saturated heterocycles. The molecule has 2 N–H and O–H groups in total. The number of urea groups is 1. The molecule has 11 heteroatoms. The molecular formula is C20H20N6O4S. The monoisotopic (exact) mass is 440 g/mol. The number of fused-ring (bicyclic) bond motifs is 1. The lowest BCUT2D eigenvalue weighted by atomic mass is 10.1. The van der Waals surface area contributed by atoms with E-state index >= 15 is 0 Å². The number of hydrogen-bond donors (Lipinski definition) is 2. The molecule has 1 aliphatic heterocycles. The van der Waals surface area contributed by atoms with Crippen LogP contribution in [0.1, 0.15) is 17.5 Å². The number of hydrogen-bond acceptors (Lipinski definition) is 8. The largest absolute Gasteiger partial charge is 0.454 e. The number of carbonyl (C=O) groups is 2. The van der Waals surface area contributed by atoms with Crippen LogP contribution in [0.3, 0.4) is 0 Å². The summed E-state index contributed by atoms with van der Waals surface area (Å²) in [6, 6.07) is 10.3. The molecule has 1 aliphatic rings. The highest BCUT2D eigenvalue weighted by Crippen LogP contribution is 2.34. The second-order valence-electron chi connectivity index (χ2n) is 6.76. The fourth-order valence-corrected chi connectivity index (χ4v) is 3.77. The van der Waals surface area contributed by atoms with Crippen LogP contribution in [0, 0.1) is 13.8 Å². The molecule has 0 atom stereocenters. The molecule has 0 unspecified atom stereocenters. The number of nitrogens with zero attached hydrogens (tertiary/aromatic N) is 4. The molecule has 3 aromatic rings. The SMILES string of the molecule is Cc1cccc(-n2nnnc2SCCC(=O)NC(=O)Nc2ccc3c(c2)OCO3)c1C. The first kappa shape index (κ1) is 20.7. The summed E-state index contributed by atoms with van der Waals surface area (Å²) in [6.45, 7) is 4.18. The van der Waals surface area contributed by atoms with E-state index in [1.807, 2.05) is 32.0 Å². The van der Waals surface area contributed by atoms with Gasteiger partial charge in [0.05, 0.1) is 5.69 Å². The van der Waals surface area contributed by atoms with Gasteiger partial charge in [0.2, 0.25) is 17.9 Å². The van der Waals surface area contributed by atoms with Gasteiger partial charge < -0.3 is 14.8 Å². The molecule has 0 spiro atoms. The second kappa shape index (κ2) is 9.04. The Morgan fingerprint density at radius 1 is 1.16 bits per heavy atom. The summed E-state index contributed by atoms with van der Waals surface area (Å²) in [4.78, 5) is 24.2. The number of ether oxygens (including phenoxy) is 2. The van der Waals surface area contributed by atoms with Crippen molar-refractivity contribution in [3.8, 4) is 17.2 Å². The first-order valence-corrected chi connectivity index (χ1v) is 10.5. The standard InChI is InChI=1S/C20H20N6O4S/c1-12-4-3-5-15(13(12)2)26-20(23-24-25-26)31-9-8-18(27)22-19(28)21-14-6-7-16-17(10-14)30-11-29-16/h3-7,10H,8-9,11H2,1-2H3,(H2,21,22,27,28). The maximum absolute atomic E-state index is 12.1. The molecule has 4 rings (SSSR count). The number of imide groups is 1. The highest BCUT2D eigenvalue weighted by Gasteiger charge is 2.16. The van der Waals surface area contributed by atoms with Crippen LogP contribution in [0.15, 0.2) is 41.6 Å². The third-order valence-electron chi connectivity index (χ3n) is 4.69. The quantitative estimate of drug-likeness (QED) is 0.562. The number of benzene rings is 2. The van der Waals surface area contributed by atoms with E-state index in [1.54, 1.807) is 22.9 Å². The molecular weight excluding hydrogens is 420 g/mol. The Morgan fingerprint density at radius 3 is 2.87 bits per heavy atom. The molecule has 3 amide bonds. The maximum Gasteiger partial charge on any atom is 0.325 e. The van der Waals surface area contributed by atoms with Crippen LogP contribution >= 0.6 is 11.8 Å². The maximum atomic E-state index is 12.1. The molecule has 10 nitrogen and oxygen atoms in total. The van der Waals surface area contributed by atoms with E-state index in [4.69, 9.17) is 9.47 Å². The van der Waals surface area contributed by atoms with Crippen molar-refractivity contribution in [1.82, 2.24) is 25.5 Å². The van der Waals surface area contributed by atoms with Crippen molar-refractivity contribution in [1.29, 1.82) is 0 Å². The predicted octanol–water partition coefficient (Wildman–Crippen LogP) is 2.84. The molecule has 0 aliphatic carbocycles. The van der Waals surface area contributed by atoms with E-state index in [9.17, 15) is 9.59 Å². The zero-order chi connectivity index (χ0) is 21.8. The van der Waals surface area contributed by atoms with Gasteiger partial charge >= 0.3 is 6.03 Å². The lowest BCUT2D eigenvalue weighted by molar-refractivity contribution is -0.119. The average Bonchev–Trinajstić information content (AvgIpc) is 3.39. The van der Waals surface area contributed by atoms with Gasteiger partial charge in [-0.1, -0.05) is 23.9 Å². The number of carbonyl (C=O) groups excluding carboxylic acids is 2. The van der Waals surface area contributed by atoms with Crippen LogP contribution in [0.5, 0.6) is 11.5 Å². The summed E-state index contributed by atoms with van der Waals surface area (Å²) >= 11 is 1.34. The van der Waals surface area contributed by atoms with Crippen molar-refractivity contribution >= 4 is 29.4 Å². The second-order valence-corrected chi connectivity index (χ2v) is 7.82. The fourth-order valence-electron chi connectivity index (χ4n) is 2.95. The van der Waals surface area contributed by atoms with Crippen LogP contribution in [0.25, 0.3) is 5.69 Å². The Morgan fingerprint density at radius 2 is 2.00 bits per heavy atom. The Bertz CT molecular complexity index is 1130. The highest BCUT2D eigenvalue weighted by molar-refractivity contribution is 7.99. The first-order valence-electron chi connectivity index (χ1n) is 9.49. The minimum atomic E-state index is -0.617. The van der Waals surface area contributed by atoms with Crippen molar-refractivity contribution < 1.29 is 19.1 Å². The zero-order valence-electron chi connectivity index (χ0n) is 16.9. The number of tetrazole rings is 1. The van der Waals surface area contributed by atoms with Gasteiger partial charge in [-0.15, -0.1) is 5.10 Å². The predicted molar refractivity (Wildman–Crippen MR) is 114 cm³/mol. The van der Waals surface area contributed by atoms with Crippen LogP contribution in [0.2, 0.25) is 0 Å². The topological polar surface area (TPSA) is 120 Å². The number of aromatic nitrogens is 4. The Hall–Kier alpha value is -3.60. The molecule has 0 bridgehead atoms. The molecule has 0 radical (unpaired) electrons. The van der Waals surface area contributed by atoms with Crippen LogP contribution in [-0.2, 0) is 4.79 Å². The summed E-state index contributed by atoms with van der Waals surface area (Å²) in [5, 5.41) is 17.3. The number of aryl methyl sites for hydroxylation is 1. The van der Waals surface area contributed by atoms with Gasteiger partial charge in [-0.25, -0.2) is 4.79 Å². The molecule has 2 heterocycles. The smallest absolute Gasteiger partial charge is 0.325 e. The number of thioether (sulfide) groups is 1. The van der Waals surface area contributed by atoms with E-state index in [0.29, 0.717) is 28.1 Å². The minimum absolute atomic E-state index is 0.124. The average molecular weight is 440 g/mol. The van der Waals surface area contributed by atoms with E-state index < -0.39 is 11.9 Å². The number of anilines is 1. The summed E-state index contributed by atoms with van der Waals surface area (Å²) in [5.74, 6) is 1.16. The first-order chi connectivity index (χ1) is 15.0. The van der Waals surface area contributed by atoms with Gasteiger partial charge in [0.1, 0.15) is 0 Å². The van der Waals surface area contributed by atoms with Crippen LogP contribution in [-0.4, -0.2) is 44.7 Å². The summed E-state index contributed by atoms with van der Waals surface area (Å²) in [5.41, 5.74) is 3.60. The lowest BCUT2D eigenvalue weighted by Crippen LogP contribution is -2.34. The van der Waals surface area contributed by atoms with E-state index in [2.05, 4.69) is 26.2 Å². The Labute approximate surface area is 182 Å².